The highest BCUT2D eigenvalue weighted by molar-refractivity contribution is 6.30. The third-order valence-corrected chi connectivity index (χ3v) is 4.75. The number of nitrogens with zero attached hydrogens (tertiary/aromatic N) is 3. The molecule has 3 aromatic rings. The van der Waals surface area contributed by atoms with Crippen molar-refractivity contribution in [2.45, 2.75) is 6.54 Å². The number of hydrogen-bond donors (Lipinski definition) is 1. The maximum Gasteiger partial charge on any atom is 0.263 e. The highest BCUT2D eigenvalue weighted by Crippen LogP contribution is 2.18. The van der Waals surface area contributed by atoms with Crippen molar-refractivity contribution < 1.29 is 0 Å². The van der Waals surface area contributed by atoms with Gasteiger partial charge in [-0.2, -0.15) is 0 Å². The zero-order valence-corrected chi connectivity index (χ0v) is 14.5. The molecule has 0 atom stereocenters. The van der Waals surface area contributed by atoms with Gasteiger partial charge in [0.2, 0.25) is 5.95 Å². The second-order valence-electron chi connectivity index (χ2n) is 6.18. The molecule has 1 aliphatic rings. The van der Waals surface area contributed by atoms with Gasteiger partial charge in [0, 0.05) is 31.2 Å². The first-order valence-corrected chi connectivity index (χ1v) is 8.80. The van der Waals surface area contributed by atoms with E-state index in [-0.39, 0.29) is 5.56 Å². The van der Waals surface area contributed by atoms with Crippen LogP contribution in [0.2, 0.25) is 5.02 Å². The van der Waals surface area contributed by atoms with Crippen LogP contribution in [0.25, 0.3) is 10.9 Å². The first-order chi connectivity index (χ1) is 12.2. The monoisotopic (exact) mass is 354 g/mol. The quantitative estimate of drug-likeness (QED) is 0.785. The second kappa shape index (κ2) is 6.86. The van der Waals surface area contributed by atoms with Crippen molar-refractivity contribution in [3.05, 3.63) is 69.5 Å². The molecule has 1 N–H and O–H groups in total. The molecule has 2 heterocycles. The van der Waals surface area contributed by atoms with Crippen LogP contribution in [-0.4, -0.2) is 35.7 Å². The van der Waals surface area contributed by atoms with E-state index in [0.29, 0.717) is 17.0 Å². The zero-order valence-electron chi connectivity index (χ0n) is 13.8. The number of rotatable bonds is 3. The smallest absolute Gasteiger partial charge is 0.263 e. The molecule has 0 saturated carbocycles. The molecule has 0 aliphatic carbocycles. The van der Waals surface area contributed by atoms with Crippen LogP contribution >= 0.6 is 11.6 Å². The van der Waals surface area contributed by atoms with Crippen LogP contribution in [-0.2, 0) is 6.54 Å². The average Bonchev–Trinajstić information content (AvgIpc) is 2.66. The number of piperazine rings is 1. The second-order valence-corrected chi connectivity index (χ2v) is 6.62. The molecule has 1 aliphatic heterocycles. The van der Waals surface area contributed by atoms with Gasteiger partial charge in [0.05, 0.1) is 17.4 Å². The summed E-state index contributed by atoms with van der Waals surface area (Å²) in [6, 6.07) is 15.1. The van der Waals surface area contributed by atoms with Gasteiger partial charge in [-0.05, 0) is 29.8 Å². The Kier molecular flexibility index (Phi) is 4.42. The molecule has 0 bridgehead atoms. The zero-order chi connectivity index (χ0) is 17.2. The van der Waals surface area contributed by atoms with E-state index in [1.54, 1.807) is 4.57 Å². The lowest BCUT2D eigenvalue weighted by molar-refractivity contribution is 0.564. The third kappa shape index (κ3) is 3.25. The minimum atomic E-state index is -0.00548. The van der Waals surface area contributed by atoms with Gasteiger partial charge in [-0.1, -0.05) is 35.9 Å². The predicted molar refractivity (Wildman–Crippen MR) is 102 cm³/mol. The summed E-state index contributed by atoms with van der Waals surface area (Å²) in [5, 5.41) is 4.68. The topological polar surface area (TPSA) is 50.2 Å². The van der Waals surface area contributed by atoms with E-state index in [1.807, 2.05) is 48.5 Å². The summed E-state index contributed by atoms with van der Waals surface area (Å²) in [6.07, 6.45) is 0. The molecule has 0 unspecified atom stereocenters. The predicted octanol–water partition coefficient (Wildman–Crippen LogP) is 2.51. The number of benzene rings is 2. The molecule has 1 fully saturated rings. The minimum absolute atomic E-state index is 0.00548. The van der Waals surface area contributed by atoms with Crippen molar-refractivity contribution in [2.24, 2.45) is 0 Å². The lowest BCUT2D eigenvalue weighted by atomic mass is 10.2. The summed E-state index contributed by atoms with van der Waals surface area (Å²) >= 11 is 5.98. The fourth-order valence-electron chi connectivity index (χ4n) is 3.18. The van der Waals surface area contributed by atoms with Gasteiger partial charge in [0.25, 0.3) is 5.56 Å². The van der Waals surface area contributed by atoms with Crippen molar-refractivity contribution in [1.82, 2.24) is 14.9 Å². The first kappa shape index (κ1) is 16.1. The molecule has 0 spiro atoms. The molecule has 6 heteroatoms. The maximum absolute atomic E-state index is 13.1. The van der Waals surface area contributed by atoms with Crippen LogP contribution in [0.1, 0.15) is 5.56 Å². The van der Waals surface area contributed by atoms with Gasteiger partial charge in [0.1, 0.15) is 0 Å². The van der Waals surface area contributed by atoms with Crippen molar-refractivity contribution in [3.63, 3.8) is 0 Å². The van der Waals surface area contributed by atoms with Crippen LogP contribution in [0, 0.1) is 0 Å². The van der Waals surface area contributed by atoms with Gasteiger partial charge in [0.15, 0.2) is 0 Å². The SMILES string of the molecule is O=c1c2ccccc2nc(N2CCNCC2)n1Cc1ccc(Cl)cc1. The molecule has 1 saturated heterocycles. The first-order valence-electron chi connectivity index (χ1n) is 8.42. The van der Waals surface area contributed by atoms with Gasteiger partial charge in [-0.25, -0.2) is 4.98 Å². The highest BCUT2D eigenvalue weighted by Gasteiger charge is 2.19. The van der Waals surface area contributed by atoms with Gasteiger partial charge >= 0.3 is 0 Å². The Hall–Kier alpha value is -2.37. The van der Waals surface area contributed by atoms with E-state index < -0.39 is 0 Å². The number of nitrogens with one attached hydrogen (secondary N) is 1. The fraction of sp³-hybridized carbons (Fsp3) is 0.263. The van der Waals surface area contributed by atoms with Crippen molar-refractivity contribution in [1.29, 1.82) is 0 Å². The average molecular weight is 355 g/mol. The van der Waals surface area contributed by atoms with Gasteiger partial charge in [-0.3, -0.25) is 9.36 Å². The van der Waals surface area contributed by atoms with Crippen molar-refractivity contribution in [3.8, 4) is 0 Å². The summed E-state index contributed by atoms with van der Waals surface area (Å²) < 4.78 is 1.77. The van der Waals surface area contributed by atoms with Crippen LogP contribution in [0.4, 0.5) is 5.95 Å². The van der Waals surface area contributed by atoms with Crippen LogP contribution in [0.15, 0.2) is 53.3 Å². The van der Waals surface area contributed by atoms with E-state index in [4.69, 9.17) is 16.6 Å². The lowest BCUT2D eigenvalue weighted by Gasteiger charge is -2.30. The van der Waals surface area contributed by atoms with Crippen LogP contribution < -0.4 is 15.8 Å². The standard InChI is InChI=1S/C19H19ClN4O/c20-15-7-5-14(6-8-15)13-24-18(25)16-3-1-2-4-17(16)22-19(24)23-11-9-21-10-12-23/h1-8,21H,9-13H2. The number of aromatic nitrogens is 2. The van der Waals surface area contributed by atoms with Crippen LogP contribution in [0.3, 0.4) is 0 Å². The van der Waals surface area contributed by atoms with E-state index in [9.17, 15) is 4.79 Å². The molecule has 4 rings (SSSR count). The number of fused-ring (bicyclic) bond motifs is 1. The molecule has 128 valence electrons. The molecule has 0 radical (unpaired) electrons. The summed E-state index contributed by atoms with van der Waals surface area (Å²) in [5.74, 6) is 0.736. The van der Waals surface area contributed by atoms with Crippen molar-refractivity contribution in [2.75, 3.05) is 31.1 Å². The van der Waals surface area contributed by atoms with E-state index >= 15 is 0 Å². The van der Waals surface area contributed by atoms with Crippen molar-refractivity contribution >= 4 is 28.5 Å². The fourth-order valence-corrected chi connectivity index (χ4v) is 3.30. The van der Waals surface area contributed by atoms with Gasteiger partial charge < -0.3 is 10.2 Å². The maximum atomic E-state index is 13.1. The third-order valence-electron chi connectivity index (χ3n) is 4.50. The Labute approximate surface area is 150 Å². The molecular formula is C19H19ClN4O. The molecule has 5 nitrogen and oxygen atoms in total. The van der Waals surface area contributed by atoms with E-state index in [2.05, 4.69) is 10.2 Å². The number of hydrogen-bond acceptors (Lipinski definition) is 4. The summed E-state index contributed by atoms with van der Waals surface area (Å²) in [7, 11) is 0. The van der Waals surface area contributed by atoms with Crippen LogP contribution in [0.5, 0.6) is 0 Å². The summed E-state index contributed by atoms with van der Waals surface area (Å²) in [4.78, 5) is 20.1. The Morgan fingerprint density at radius 3 is 2.52 bits per heavy atom. The minimum Gasteiger partial charge on any atom is -0.340 e. The summed E-state index contributed by atoms with van der Waals surface area (Å²) in [5.41, 5.74) is 1.77. The molecule has 2 aromatic carbocycles. The Morgan fingerprint density at radius 1 is 1.04 bits per heavy atom. The van der Waals surface area contributed by atoms with Gasteiger partial charge in [-0.15, -0.1) is 0 Å². The summed E-state index contributed by atoms with van der Waals surface area (Å²) in [6.45, 7) is 3.94. The highest BCUT2D eigenvalue weighted by atomic mass is 35.5. The number of para-hydroxylation sites is 1. The normalized spacial score (nSPS) is 14.8. The number of halogens is 1. The molecule has 25 heavy (non-hydrogen) atoms. The molecular weight excluding hydrogens is 336 g/mol. The largest absolute Gasteiger partial charge is 0.340 e. The Balaban J connectivity index is 1.85. The Bertz CT molecular complexity index is 946. The number of anilines is 1. The van der Waals surface area contributed by atoms with E-state index in [1.165, 1.54) is 0 Å². The molecule has 1 aromatic heterocycles. The molecule has 0 amide bonds. The van der Waals surface area contributed by atoms with E-state index in [0.717, 1.165) is 43.2 Å². The lowest BCUT2D eigenvalue weighted by Crippen LogP contribution is -2.46. The Morgan fingerprint density at radius 2 is 1.76 bits per heavy atom.